The highest BCUT2D eigenvalue weighted by molar-refractivity contribution is 7.89. The summed E-state index contributed by atoms with van der Waals surface area (Å²) in [5.41, 5.74) is 6.05. The summed E-state index contributed by atoms with van der Waals surface area (Å²) in [7, 11) is -2.59. The number of likely N-dealkylation sites (N-methyl/N-ethyl adjacent to an activating group) is 1. The average molecular weight is 483 g/mol. The van der Waals surface area contributed by atoms with Crippen LogP contribution in [0.1, 0.15) is 11.1 Å². The molecule has 34 heavy (non-hydrogen) atoms. The lowest BCUT2D eigenvalue weighted by molar-refractivity contribution is -0.129. The topological polar surface area (TPSA) is 125 Å². The quantitative estimate of drug-likeness (QED) is 0.417. The van der Waals surface area contributed by atoms with Gasteiger partial charge in [-0.2, -0.15) is 4.31 Å². The van der Waals surface area contributed by atoms with Gasteiger partial charge in [0.2, 0.25) is 15.9 Å². The Labute approximate surface area is 198 Å². The first-order chi connectivity index (χ1) is 16.2. The van der Waals surface area contributed by atoms with E-state index in [1.165, 1.54) is 19.2 Å². The molecule has 3 rings (SSSR count). The van der Waals surface area contributed by atoms with Crippen molar-refractivity contribution >= 4 is 38.5 Å². The third-order valence-electron chi connectivity index (χ3n) is 5.11. The van der Waals surface area contributed by atoms with Gasteiger partial charge < -0.3 is 5.32 Å². The number of hydrogen-bond acceptors (Lipinski definition) is 5. The van der Waals surface area contributed by atoms with E-state index in [4.69, 9.17) is 0 Å². The van der Waals surface area contributed by atoms with Gasteiger partial charge in [0.1, 0.15) is 0 Å². The average Bonchev–Trinajstić information content (AvgIpc) is 2.82. The monoisotopic (exact) mass is 482 g/mol. The molecule has 0 saturated carbocycles. The Kier molecular flexibility index (Phi) is 7.98. The molecular weight excluding hydrogens is 456 g/mol. The number of amides is 3. The minimum atomic E-state index is -3.85. The van der Waals surface area contributed by atoms with E-state index < -0.39 is 28.4 Å². The van der Waals surface area contributed by atoms with Crippen LogP contribution in [0.5, 0.6) is 0 Å². The Balaban J connectivity index is 1.44. The number of nitrogens with one attached hydrogen (secondary N) is 3. The number of carbonyl (C=O) groups excluding carboxylic acids is 3. The molecule has 0 bridgehead atoms. The van der Waals surface area contributed by atoms with Gasteiger partial charge in [0, 0.05) is 7.05 Å². The zero-order valence-corrected chi connectivity index (χ0v) is 19.7. The van der Waals surface area contributed by atoms with E-state index in [0.29, 0.717) is 0 Å². The van der Waals surface area contributed by atoms with Crippen molar-refractivity contribution in [2.45, 2.75) is 18.2 Å². The predicted molar refractivity (Wildman–Crippen MR) is 128 cm³/mol. The molecule has 3 N–H and O–H groups in total. The van der Waals surface area contributed by atoms with Crippen LogP contribution in [0.4, 0.5) is 0 Å². The van der Waals surface area contributed by atoms with Crippen LogP contribution in [0.3, 0.4) is 0 Å². The normalized spacial score (nSPS) is 11.3. The molecular formula is C24H26N4O5S. The second-order valence-electron chi connectivity index (χ2n) is 7.76. The van der Waals surface area contributed by atoms with Crippen LogP contribution in [-0.4, -0.2) is 50.6 Å². The van der Waals surface area contributed by atoms with Crippen molar-refractivity contribution < 1.29 is 22.8 Å². The van der Waals surface area contributed by atoms with E-state index in [1.807, 2.05) is 49.4 Å². The van der Waals surface area contributed by atoms with Gasteiger partial charge >= 0.3 is 0 Å². The molecule has 3 aromatic rings. The van der Waals surface area contributed by atoms with Crippen molar-refractivity contribution in [3.8, 4) is 0 Å². The maximum absolute atomic E-state index is 12.5. The highest BCUT2D eigenvalue weighted by atomic mass is 32.2. The largest absolute Gasteiger partial charge is 0.347 e. The molecule has 0 aliphatic heterocycles. The number of hydrogen-bond donors (Lipinski definition) is 3. The fraction of sp³-hybridized carbons (Fsp3) is 0.208. The van der Waals surface area contributed by atoms with Gasteiger partial charge in [-0.05, 0) is 35.4 Å². The van der Waals surface area contributed by atoms with E-state index in [2.05, 4.69) is 16.2 Å². The molecule has 3 aromatic carbocycles. The molecule has 0 aliphatic rings. The molecule has 0 fully saturated rings. The van der Waals surface area contributed by atoms with Gasteiger partial charge in [-0.25, -0.2) is 8.42 Å². The molecule has 0 atom stereocenters. The van der Waals surface area contributed by atoms with Crippen LogP contribution in [0.25, 0.3) is 10.8 Å². The molecule has 10 heteroatoms. The number of hydrazine groups is 1. The van der Waals surface area contributed by atoms with Gasteiger partial charge in [0.25, 0.3) is 11.8 Å². The van der Waals surface area contributed by atoms with E-state index >= 15 is 0 Å². The summed E-state index contributed by atoms with van der Waals surface area (Å²) in [6.45, 7) is 0.994. The second-order valence-corrected chi connectivity index (χ2v) is 9.81. The van der Waals surface area contributed by atoms with Gasteiger partial charge in [-0.1, -0.05) is 60.2 Å². The molecule has 0 unspecified atom stereocenters. The van der Waals surface area contributed by atoms with Crippen molar-refractivity contribution in [3.63, 3.8) is 0 Å². The van der Waals surface area contributed by atoms with Gasteiger partial charge in [0.05, 0.1) is 24.4 Å². The predicted octanol–water partition coefficient (Wildman–Crippen LogP) is 1.28. The van der Waals surface area contributed by atoms with Crippen LogP contribution in [-0.2, 0) is 30.8 Å². The Morgan fingerprint density at radius 3 is 2.21 bits per heavy atom. The number of benzene rings is 3. The summed E-state index contributed by atoms with van der Waals surface area (Å²) in [5, 5.41) is 4.48. The Hall–Kier alpha value is -3.76. The Morgan fingerprint density at radius 2 is 1.47 bits per heavy atom. The molecule has 0 spiro atoms. The third-order valence-corrected chi connectivity index (χ3v) is 6.93. The molecule has 9 nitrogen and oxygen atoms in total. The standard InChI is InChI=1S/C24H26N4O5S/c1-17-10-12-20(13-11-17)34(32,33)28(2)16-24(31)27-26-23(30)15-25-22(29)14-19-8-5-7-18-6-3-4-9-21(18)19/h3-13H,14-16H2,1-2H3,(H,25,29)(H,26,30)(H,27,31). The summed E-state index contributed by atoms with van der Waals surface area (Å²) in [5.74, 6) is -1.72. The number of aryl methyl sites for hydroxylation is 1. The minimum absolute atomic E-state index is 0.0614. The van der Waals surface area contributed by atoms with Gasteiger partial charge in [-0.15, -0.1) is 0 Å². The fourth-order valence-corrected chi connectivity index (χ4v) is 4.39. The van der Waals surface area contributed by atoms with Crippen molar-refractivity contribution in [2.75, 3.05) is 20.1 Å². The van der Waals surface area contributed by atoms with Crippen LogP contribution in [0.15, 0.2) is 71.6 Å². The van der Waals surface area contributed by atoms with E-state index in [9.17, 15) is 22.8 Å². The number of fused-ring (bicyclic) bond motifs is 1. The molecule has 0 saturated heterocycles. The van der Waals surface area contributed by atoms with E-state index in [-0.39, 0.29) is 23.8 Å². The highest BCUT2D eigenvalue weighted by Gasteiger charge is 2.23. The van der Waals surface area contributed by atoms with Crippen LogP contribution in [0, 0.1) is 6.92 Å². The maximum atomic E-state index is 12.5. The molecule has 0 radical (unpaired) electrons. The van der Waals surface area contributed by atoms with E-state index in [0.717, 1.165) is 26.2 Å². The number of carbonyl (C=O) groups is 3. The lowest BCUT2D eigenvalue weighted by Crippen LogP contribution is -2.49. The fourth-order valence-electron chi connectivity index (χ4n) is 3.26. The summed E-state index contributed by atoms with van der Waals surface area (Å²) < 4.78 is 26.0. The van der Waals surface area contributed by atoms with Crippen LogP contribution in [0.2, 0.25) is 0 Å². The zero-order chi connectivity index (χ0) is 24.7. The summed E-state index contributed by atoms with van der Waals surface area (Å²) >= 11 is 0. The highest BCUT2D eigenvalue weighted by Crippen LogP contribution is 2.18. The van der Waals surface area contributed by atoms with Crippen molar-refractivity contribution in [2.24, 2.45) is 0 Å². The van der Waals surface area contributed by atoms with Gasteiger partial charge in [0.15, 0.2) is 0 Å². The van der Waals surface area contributed by atoms with Crippen molar-refractivity contribution in [1.82, 2.24) is 20.5 Å². The lowest BCUT2D eigenvalue weighted by Gasteiger charge is -2.17. The van der Waals surface area contributed by atoms with E-state index in [1.54, 1.807) is 12.1 Å². The number of nitrogens with zero attached hydrogens (tertiary/aromatic N) is 1. The Bertz CT molecular complexity index is 1300. The minimum Gasteiger partial charge on any atom is -0.347 e. The molecule has 0 aliphatic carbocycles. The third kappa shape index (κ3) is 6.40. The Morgan fingerprint density at radius 1 is 0.824 bits per heavy atom. The number of rotatable bonds is 8. The summed E-state index contributed by atoms with van der Waals surface area (Å²) in [6, 6.07) is 19.6. The molecule has 0 heterocycles. The van der Waals surface area contributed by atoms with Gasteiger partial charge in [-0.3, -0.25) is 25.2 Å². The lowest BCUT2D eigenvalue weighted by atomic mass is 10.0. The smallest absolute Gasteiger partial charge is 0.257 e. The molecule has 0 aromatic heterocycles. The zero-order valence-electron chi connectivity index (χ0n) is 18.9. The SMILES string of the molecule is Cc1ccc(S(=O)(=O)N(C)CC(=O)NNC(=O)CNC(=O)Cc2cccc3ccccc23)cc1. The first-order valence-corrected chi connectivity index (χ1v) is 11.9. The molecule has 3 amide bonds. The molecule has 178 valence electrons. The summed E-state index contributed by atoms with van der Waals surface area (Å²) in [6.07, 6.45) is 0.0999. The summed E-state index contributed by atoms with van der Waals surface area (Å²) in [4.78, 5) is 36.4. The second kappa shape index (κ2) is 10.9. The first kappa shape index (κ1) is 24.9. The van der Waals surface area contributed by atoms with Crippen LogP contribution < -0.4 is 16.2 Å². The van der Waals surface area contributed by atoms with Crippen molar-refractivity contribution in [1.29, 1.82) is 0 Å². The van der Waals surface area contributed by atoms with Crippen LogP contribution >= 0.6 is 0 Å². The number of sulfonamides is 1. The maximum Gasteiger partial charge on any atom is 0.257 e. The first-order valence-electron chi connectivity index (χ1n) is 10.5. The van der Waals surface area contributed by atoms with Crippen molar-refractivity contribution in [3.05, 3.63) is 77.9 Å².